The zero-order valence-corrected chi connectivity index (χ0v) is 16.3. The molecule has 0 amide bonds. The molecule has 10 heteroatoms. The van der Waals surface area contributed by atoms with Crippen molar-refractivity contribution in [3.05, 3.63) is 66.9 Å². The lowest BCUT2D eigenvalue weighted by atomic mass is 10.1. The summed E-state index contributed by atoms with van der Waals surface area (Å²) in [5.74, 6) is 0.882. The third kappa shape index (κ3) is 3.02. The molecule has 0 N–H and O–H groups in total. The van der Waals surface area contributed by atoms with Crippen LogP contribution in [0.2, 0.25) is 0 Å². The number of amidine groups is 1. The lowest BCUT2D eigenvalue weighted by molar-refractivity contribution is 0.258. The normalized spacial score (nSPS) is 15.8. The van der Waals surface area contributed by atoms with Crippen LogP contribution in [0.4, 0.5) is 15.9 Å². The van der Waals surface area contributed by atoms with E-state index >= 15 is 0 Å². The van der Waals surface area contributed by atoms with E-state index in [1.165, 1.54) is 12.4 Å². The summed E-state index contributed by atoms with van der Waals surface area (Å²) in [6, 6.07) is 10.4. The summed E-state index contributed by atoms with van der Waals surface area (Å²) in [5, 5.41) is 8.65. The topological polar surface area (TPSA) is 86.5 Å². The van der Waals surface area contributed by atoms with Crippen molar-refractivity contribution in [3.8, 4) is 11.3 Å². The summed E-state index contributed by atoms with van der Waals surface area (Å²) in [4.78, 5) is 10.7. The van der Waals surface area contributed by atoms with Crippen molar-refractivity contribution in [2.75, 3.05) is 4.90 Å². The molecule has 30 heavy (non-hydrogen) atoms. The molecule has 0 fully saturated rings. The number of ether oxygens (including phenoxy) is 1. The maximum absolute atomic E-state index is 14.3. The summed E-state index contributed by atoms with van der Waals surface area (Å²) < 4.78 is 28.9. The van der Waals surface area contributed by atoms with E-state index in [9.17, 15) is 4.39 Å². The molecule has 3 aromatic heterocycles. The van der Waals surface area contributed by atoms with E-state index in [1.54, 1.807) is 53.2 Å². The Morgan fingerprint density at radius 3 is 2.83 bits per heavy atom. The molecule has 1 aliphatic heterocycles. The lowest BCUT2D eigenvalue weighted by Crippen LogP contribution is -2.40. The van der Waals surface area contributed by atoms with Gasteiger partial charge < -0.3 is 9.15 Å². The van der Waals surface area contributed by atoms with Gasteiger partial charge in [-0.15, -0.1) is 0 Å². The predicted octanol–water partition coefficient (Wildman–Crippen LogP) is 3.65. The minimum Gasteiger partial charge on any atom is -0.470 e. The van der Waals surface area contributed by atoms with Crippen LogP contribution in [0, 0.1) is 5.82 Å². The molecule has 5 rings (SSSR count). The standard InChI is InChI=1S/C20H18FN7O2/c1-13-27(14-7-8-29-10-14)20(30-11-19-22-12-23-26(19)2)24-18-9-17(25-28(13)18)15-5-3-4-6-16(15)21/h3-10,12-13H,11H2,1-2H3. The molecule has 4 aromatic rings. The highest BCUT2D eigenvalue weighted by molar-refractivity contribution is 5.94. The number of anilines is 1. The number of aromatic nitrogens is 5. The second-order valence-corrected chi connectivity index (χ2v) is 6.78. The van der Waals surface area contributed by atoms with Crippen molar-refractivity contribution in [1.82, 2.24) is 24.5 Å². The Hall–Kier alpha value is -3.95. The molecule has 152 valence electrons. The molecule has 0 spiro atoms. The van der Waals surface area contributed by atoms with E-state index in [1.807, 2.05) is 17.9 Å². The monoisotopic (exact) mass is 407 g/mol. The molecule has 9 nitrogen and oxygen atoms in total. The molecule has 1 aliphatic rings. The van der Waals surface area contributed by atoms with E-state index in [2.05, 4.69) is 20.2 Å². The van der Waals surface area contributed by atoms with Gasteiger partial charge in [-0.2, -0.15) is 15.2 Å². The number of halogens is 1. The highest BCUT2D eigenvalue weighted by Crippen LogP contribution is 2.35. The van der Waals surface area contributed by atoms with Crippen LogP contribution in [0.25, 0.3) is 11.3 Å². The Kier molecular flexibility index (Phi) is 4.31. The van der Waals surface area contributed by atoms with Crippen molar-refractivity contribution in [3.63, 3.8) is 0 Å². The first-order valence-electron chi connectivity index (χ1n) is 9.32. The van der Waals surface area contributed by atoms with Gasteiger partial charge >= 0.3 is 6.02 Å². The molecule has 0 aliphatic carbocycles. The van der Waals surface area contributed by atoms with Gasteiger partial charge in [-0.05, 0) is 19.1 Å². The Balaban J connectivity index is 1.54. The van der Waals surface area contributed by atoms with Crippen molar-refractivity contribution in [2.24, 2.45) is 12.0 Å². The van der Waals surface area contributed by atoms with Crippen molar-refractivity contribution in [2.45, 2.75) is 19.7 Å². The second-order valence-electron chi connectivity index (χ2n) is 6.78. The first kappa shape index (κ1) is 18.1. The maximum atomic E-state index is 14.3. The zero-order chi connectivity index (χ0) is 20.7. The minimum atomic E-state index is -0.338. The lowest BCUT2D eigenvalue weighted by Gasteiger charge is -2.33. The van der Waals surface area contributed by atoms with Gasteiger partial charge in [-0.25, -0.2) is 14.1 Å². The van der Waals surface area contributed by atoms with Gasteiger partial charge in [-0.3, -0.25) is 9.58 Å². The Labute approximate surface area is 171 Å². The van der Waals surface area contributed by atoms with Crippen LogP contribution in [0.5, 0.6) is 0 Å². The number of rotatable bonds is 4. The van der Waals surface area contributed by atoms with Crippen LogP contribution in [-0.4, -0.2) is 30.6 Å². The van der Waals surface area contributed by atoms with Crippen LogP contribution < -0.4 is 4.90 Å². The smallest absolute Gasteiger partial charge is 0.301 e. The molecule has 4 heterocycles. The van der Waals surface area contributed by atoms with Crippen molar-refractivity contribution >= 4 is 17.5 Å². The van der Waals surface area contributed by atoms with Crippen LogP contribution in [0.1, 0.15) is 18.9 Å². The molecule has 1 unspecified atom stereocenters. The molecule has 0 bridgehead atoms. The van der Waals surface area contributed by atoms with Crippen LogP contribution in [-0.2, 0) is 18.4 Å². The van der Waals surface area contributed by atoms with Crippen LogP contribution >= 0.6 is 0 Å². The first-order chi connectivity index (χ1) is 14.6. The van der Waals surface area contributed by atoms with E-state index in [0.717, 1.165) is 5.69 Å². The molecule has 1 atom stereocenters. The first-order valence-corrected chi connectivity index (χ1v) is 9.32. The maximum Gasteiger partial charge on any atom is 0.301 e. The third-order valence-corrected chi connectivity index (χ3v) is 4.93. The Bertz CT molecular complexity index is 1210. The highest BCUT2D eigenvalue weighted by Gasteiger charge is 2.32. The number of nitrogens with zero attached hydrogens (tertiary/aromatic N) is 7. The number of hydrogen-bond acceptors (Lipinski definition) is 7. The second kappa shape index (κ2) is 7.14. The number of hydrogen-bond donors (Lipinski definition) is 0. The quantitative estimate of drug-likeness (QED) is 0.513. The summed E-state index contributed by atoms with van der Waals surface area (Å²) >= 11 is 0. The number of furan rings is 1. The molecule has 1 aromatic carbocycles. The number of fused-ring (bicyclic) bond motifs is 1. The minimum absolute atomic E-state index is 0.185. The number of aryl methyl sites for hydroxylation is 1. The SMILES string of the molecule is CC1N(c2ccoc2)C(OCc2ncnn2C)=Nc2cc(-c3ccccc3F)nn21. The van der Waals surface area contributed by atoms with Crippen LogP contribution in [0.3, 0.4) is 0 Å². The van der Waals surface area contributed by atoms with Gasteiger partial charge in [-0.1, -0.05) is 12.1 Å². The number of aliphatic imine (C=N–C) groups is 1. The summed E-state index contributed by atoms with van der Waals surface area (Å²) in [6.07, 6.45) is 4.36. The van der Waals surface area contributed by atoms with Gasteiger partial charge in [0, 0.05) is 24.7 Å². The molecular weight excluding hydrogens is 389 g/mol. The molecule has 0 radical (unpaired) electrons. The molecular formula is C20H18FN7O2. The summed E-state index contributed by atoms with van der Waals surface area (Å²) in [7, 11) is 1.79. The van der Waals surface area contributed by atoms with Gasteiger partial charge in [0.25, 0.3) is 0 Å². The third-order valence-electron chi connectivity index (χ3n) is 4.93. The fraction of sp³-hybridized carbons (Fsp3) is 0.200. The van der Waals surface area contributed by atoms with E-state index in [-0.39, 0.29) is 18.6 Å². The van der Waals surface area contributed by atoms with Gasteiger partial charge in [0.1, 0.15) is 24.6 Å². The van der Waals surface area contributed by atoms with E-state index in [0.29, 0.717) is 28.9 Å². The van der Waals surface area contributed by atoms with Gasteiger partial charge in [0.2, 0.25) is 0 Å². The van der Waals surface area contributed by atoms with E-state index in [4.69, 9.17) is 9.15 Å². The van der Waals surface area contributed by atoms with Gasteiger partial charge in [0.05, 0.1) is 17.6 Å². The predicted molar refractivity (Wildman–Crippen MR) is 106 cm³/mol. The average molecular weight is 407 g/mol. The van der Waals surface area contributed by atoms with Crippen LogP contribution in [0.15, 0.2) is 64.7 Å². The zero-order valence-electron chi connectivity index (χ0n) is 16.3. The largest absolute Gasteiger partial charge is 0.470 e. The van der Waals surface area contributed by atoms with Crippen molar-refractivity contribution in [1.29, 1.82) is 0 Å². The fourth-order valence-corrected chi connectivity index (χ4v) is 3.37. The number of benzene rings is 1. The fourth-order valence-electron chi connectivity index (χ4n) is 3.37. The average Bonchev–Trinajstić information content (AvgIpc) is 3.48. The summed E-state index contributed by atoms with van der Waals surface area (Å²) in [5.41, 5.74) is 1.67. The van der Waals surface area contributed by atoms with E-state index < -0.39 is 0 Å². The highest BCUT2D eigenvalue weighted by atomic mass is 19.1. The van der Waals surface area contributed by atoms with Crippen molar-refractivity contribution < 1.29 is 13.5 Å². The molecule has 0 saturated heterocycles. The Morgan fingerprint density at radius 2 is 2.10 bits per heavy atom. The Morgan fingerprint density at radius 1 is 1.23 bits per heavy atom. The summed E-state index contributed by atoms with van der Waals surface area (Å²) in [6.45, 7) is 2.14. The molecule has 0 saturated carbocycles. The van der Waals surface area contributed by atoms with Gasteiger partial charge in [0.15, 0.2) is 18.2 Å².